The van der Waals surface area contributed by atoms with Crippen molar-refractivity contribution in [3.63, 3.8) is 0 Å². The third kappa shape index (κ3) is 6.55. The van der Waals surface area contributed by atoms with Crippen LogP contribution < -0.4 is 20.3 Å². The number of carbonyl (C=O) groups is 1. The smallest absolute Gasteiger partial charge is 0.254 e. The molecule has 3 aromatic rings. The van der Waals surface area contributed by atoms with E-state index in [0.717, 1.165) is 12.8 Å². The molecule has 0 spiro atoms. The molecule has 2 aromatic carbocycles. The summed E-state index contributed by atoms with van der Waals surface area (Å²) < 4.78 is 28.3. The molecule has 1 fully saturated rings. The molecule has 1 heterocycles. The van der Waals surface area contributed by atoms with Crippen molar-refractivity contribution >= 4 is 5.91 Å². The number of aryl methyl sites for hydroxylation is 3. The van der Waals surface area contributed by atoms with Gasteiger partial charge in [-0.15, -0.1) is 0 Å². The second-order valence-electron chi connectivity index (χ2n) is 11.8. The molecule has 1 saturated carbocycles. The summed E-state index contributed by atoms with van der Waals surface area (Å²) in [6.45, 7) is 10.5. The van der Waals surface area contributed by atoms with Crippen molar-refractivity contribution in [2.24, 2.45) is 7.05 Å². The van der Waals surface area contributed by atoms with E-state index in [9.17, 15) is 19.1 Å². The Morgan fingerprint density at radius 3 is 2.27 bits per heavy atom. The van der Waals surface area contributed by atoms with Gasteiger partial charge in [0, 0.05) is 42.9 Å². The van der Waals surface area contributed by atoms with Gasteiger partial charge in [-0.05, 0) is 101 Å². The van der Waals surface area contributed by atoms with Gasteiger partial charge in [-0.2, -0.15) is 0 Å². The van der Waals surface area contributed by atoms with Crippen LogP contribution in [0.2, 0.25) is 0 Å². The molecule has 0 atom stereocenters. The zero-order valence-electron chi connectivity index (χ0n) is 24.4. The molecule has 40 heavy (non-hydrogen) atoms. The Morgan fingerprint density at radius 1 is 1.07 bits per heavy atom. The number of halogens is 1. The largest absolute Gasteiger partial charge is 0.490 e. The highest BCUT2D eigenvalue weighted by Gasteiger charge is 2.33. The number of benzene rings is 2. The molecule has 1 aromatic heterocycles. The van der Waals surface area contributed by atoms with Crippen molar-refractivity contribution in [1.82, 2.24) is 9.88 Å². The molecule has 0 aliphatic heterocycles. The van der Waals surface area contributed by atoms with Gasteiger partial charge in [0.2, 0.25) is 5.91 Å². The zero-order valence-corrected chi connectivity index (χ0v) is 24.4. The van der Waals surface area contributed by atoms with Gasteiger partial charge in [-0.25, -0.2) is 4.39 Å². The Labute approximate surface area is 235 Å². The number of aliphatic hydroxyl groups is 1. The van der Waals surface area contributed by atoms with E-state index in [1.807, 2.05) is 13.0 Å². The first-order chi connectivity index (χ1) is 18.6. The SMILES string of the molecule is CC(=O)NC1(C)CCC(Oc2cc(=O)n(C)cc2-c2cc(C(C)(C)O)ccc2Oc2c(C)cc(F)cc2C)CC1. The minimum absolute atomic E-state index is 0.0541. The molecular formula is C32H39FN2O5. The van der Waals surface area contributed by atoms with Gasteiger partial charge in [0.25, 0.3) is 5.56 Å². The van der Waals surface area contributed by atoms with E-state index < -0.39 is 5.60 Å². The fourth-order valence-electron chi connectivity index (χ4n) is 5.37. The van der Waals surface area contributed by atoms with Crippen molar-refractivity contribution in [3.8, 4) is 28.4 Å². The third-order valence-electron chi connectivity index (χ3n) is 7.61. The van der Waals surface area contributed by atoms with E-state index in [-0.39, 0.29) is 28.9 Å². The lowest BCUT2D eigenvalue weighted by molar-refractivity contribution is -0.121. The van der Waals surface area contributed by atoms with Crippen LogP contribution in [0.4, 0.5) is 4.39 Å². The fourth-order valence-corrected chi connectivity index (χ4v) is 5.37. The maximum atomic E-state index is 14.0. The lowest BCUT2D eigenvalue weighted by atomic mass is 9.81. The van der Waals surface area contributed by atoms with Crippen molar-refractivity contribution in [2.75, 3.05) is 0 Å². The summed E-state index contributed by atoms with van der Waals surface area (Å²) in [6.07, 6.45) is 4.50. The summed E-state index contributed by atoms with van der Waals surface area (Å²) in [5.74, 6) is 1.05. The monoisotopic (exact) mass is 550 g/mol. The predicted octanol–water partition coefficient (Wildman–Crippen LogP) is 6.04. The van der Waals surface area contributed by atoms with E-state index in [1.54, 1.807) is 53.1 Å². The van der Waals surface area contributed by atoms with Gasteiger partial charge >= 0.3 is 0 Å². The molecule has 1 aliphatic rings. The van der Waals surface area contributed by atoms with Crippen molar-refractivity contribution in [1.29, 1.82) is 0 Å². The molecular weight excluding hydrogens is 511 g/mol. The number of hydrogen-bond donors (Lipinski definition) is 2. The van der Waals surface area contributed by atoms with Gasteiger partial charge in [0.15, 0.2) is 0 Å². The van der Waals surface area contributed by atoms with Crippen LogP contribution in [0.15, 0.2) is 47.4 Å². The quantitative estimate of drug-likeness (QED) is 0.374. The van der Waals surface area contributed by atoms with E-state index in [2.05, 4.69) is 5.32 Å². The van der Waals surface area contributed by atoms with Gasteiger partial charge in [-0.3, -0.25) is 9.59 Å². The number of hydrogen-bond acceptors (Lipinski definition) is 5. The molecule has 0 bridgehead atoms. The number of pyridine rings is 1. The predicted molar refractivity (Wildman–Crippen MR) is 153 cm³/mol. The molecule has 7 nitrogen and oxygen atoms in total. The average molecular weight is 551 g/mol. The molecule has 214 valence electrons. The van der Waals surface area contributed by atoms with Crippen LogP contribution in [0.1, 0.15) is 70.1 Å². The summed E-state index contributed by atoms with van der Waals surface area (Å²) in [7, 11) is 1.67. The topological polar surface area (TPSA) is 89.8 Å². The second kappa shape index (κ2) is 11.1. The maximum Gasteiger partial charge on any atom is 0.254 e. The summed E-state index contributed by atoms with van der Waals surface area (Å²) >= 11 is 0. The highest BCUT2D eigenvalue weighted by molar-refractivity contribution is 5.77. The lowest BCUT2D eigenvalue weighted by Gasteiger charge is -2.38. The first kappa shape index (κ1) is 29.3. The fraction of sp³-hybridized carbons (Fsp3) is 0.438. The summed E-state index contributed by atoms with van der Waals surface area (Å²) in [5.41, 5.74) is 1.59. The van der Waals surface area contributed by atoms with Crippen LogP contribution in [0.3, 0.4) is 0 Å². The minimum atomic E-state index is -1.13. The molecule has 1 aliphatic carbocycles. The van der Waals surface area contributed by atoms with Gasteiger partial charge in [0.1, 0.15) is 23.1 Å². The minimum Gasteiger partial charge on any atom is -0.490 e. The number of nitrogens with one attached hydrogen (secondary N) is 1. The number of ether oxygens (including phenoxy) is 2. The van der Waals surface area contributed by atoms with Crippen LogP contribution in [0.25, 0.3) is 11.1 Å². The van der Waals surface area contributed by atoms with Gasteiger partial charge in [-0.1, -0.05) is 6.07 Å². The van der Waals surface area contributed by atoms with E-state index >= 15 is 0 Å². The molecule has 4 rings (SSSR count). The molecule has 0 radical (unpaired) electrons. The summed E-state index contributed by atoms with van der Waals surface area (Å²) in [4.78, 5) is 24.4. The number of nitrogens with zero attached hydrogens (tertiary/aromatic N) is 1. The van der Waals surface area contributed by atoms with Crippen molar-refractivity contribution in [3.05, 3.63) is 75.5 Å². The lowest BCUT2D eigenvalue weighted by Crippen LogP contribution is -2.48. The normalized spacial score (nSPS) is 19.3. The molecule has 1 amide bonds. The Balaban J connectivity index is 1.78. The first-order valence-electron chi connectivity index (χ1n) is 13.6. The number of amides is 1. The van der Waals surface area contributed by atoms with Crippen LogP contribution in [-0.2, 0) is 17.4 Å². The average Bonchev–Trinajstić information content (AvgIpc) is 2.84. The number of carbonyl (C=O) groups excluding carboxylic acids is 1. The van der Waals surface area contributed by atoms with Crippen LogP contribution >= 0.6 is 0 Å². The third-order valence-corrected chi connectivity index (χ3v) is 7.61. The maximum absolute atomic E-state index is 14.0. The van der Waals surface area contributed by atoms with Crippen molar-refractivity contribution in [2.45, 2.75) is 84.5 Å². The Hall–Kier alpha value is -3.65. The van der Waals surface area contributed by atoms with Crippen LogP contribution in [0.5, 0.6) is 17.2 Å². The standard InChI is InChI=1S/C32H39FN2O5/c1-19-14-23(33)15-20(2)30(19)40-27-9-8-22(31(4,5)38)16-25(27)26-18-35(7)29(37)17-28(26)39-24-10-12-32(6,13-11-24)34-21(3)36/h8-9,14-18,24,38H,10-13H2,1-7H3,(H,34,36). The van der Waals surface area contributed by atoms with Gasteiger partial charge < -0.3 is 24.5 Å². The highest BCUT2D eigenvalue weighted by atomic mass is 19.1. The summed E-state index contributed by atoms with van der Waals surface area (Å²) in [6, 6.07) is 9.73. The molecule has 0 saturated heterocycles. The second-order valence-corrected chi connectivity index (χ2v) is 11.8. The first-order valence-corrected chi connectivity index (χ1v) is 13.6. The van der Waals surface area contributed by atoms with E-state index in [4.69, 9.17) is 9.47 Å². The molecule has 0 unspecified atom stereocenters. The van der Waals surface area contributed by atoms with E-state index in [1.165, 1.54) is 29.7 Å². The molecule has 8 heteroatoms. The summed E-state index contributed by atoms with van der Waals surface area (Å²) in [5, 5.41) is 13.8. The van der Waals surface area contributed by atoms with E-state index in [0.29, 0.717) is 57.9 Å². The molecule has 2 N–H and O–H groups in total. The van der Waals surface area contributed by atoms with Gasteiger partial charge in [0.05, 0.1) is 11.7 Å². The highest BCUT2D eigenvalue weighted by Crippen LogP contribution is 2.42. The Bertz CT molecular complexity index is 1460. The zero-order chi connectivity index (χ0) is 29.4. The van der Waals surface area contributed by atoms with Crippen LogP contribution in [-0.4, -0.2) is 27.2 Å². The number of rotatable bonds is 7. The Morgan fingerprint density at radius 2 is 1.70 bits per heavy atom. The van der Waals surface area contributed by atoms with Crippen LogP contribution in [0, 0.1) is 19.7 Å². The Kier molecular flexibility index (Phi) is 8.13. The number of aromatic nitrogens is 1. The van der Waals surface area contributed by atoms with Crippen molar-refractivity contribution < 1.29 is 23.8 Å².